The van der Waals surface area contributed by atoms with Gasteiger partial charge >= 0.3 is 0 Å². The molecule has 1 heterocycles. The number of hydrogen-bond donors (Lipinski definition) is 2. The van der Waals surface area contributed by atoms with E-state index in [4.69, 9.17) is 5.73 Å². The summed E-state index contributed by atoms with van der Waals surface area (Å²) in [6.07, 6.45) is -0.391. The Morgan fingerprint density at radius 3 is 2.69 bits per heavy atom. The summed E-state index contributed by atoms with van der Waals surface area (Å²) in [6.45, 7) is 3.71. The Kier molecular flexibility index (Phi) is 3.02. The first-order valence-electron chi connectivity index (χ1n) is 4.95. The van der Waals surface area contributed by atoms with Crippen LogP contribution in [0.25, 0.3) is 11.0 Å². The quantitative estimate of drug-likeness (QED) is 0.626. The highest BCUT2D eigenvalue weighted by Crippen LogP contribution is 2.32. The Labute approximate surface area is 97.0 Å². The maximum absolute atomic E-state index is 9.45. The molecule has 1 aromatic carbocycles. The van der Waals surface area contributed by atoms with E-state index in [1.807, 2.05) is 13.0 Å². The lowest BCUT2D eigenvalue weighted by Gasteiger charge is -2.13. The fourth-order valence-electron chi connectivity index (χ4n) is 1.26. The normalized spacial score (nSPS) is 15.2. The number of anilines is 1. The monoisotopic (exact) mass is 239 g/mol. The average Bonchev–Trinajstić information content (AvgIpc) is 2.71. The number of nitrogens with zero attached hydrogens (tertiary/aromatic N) is 2. The molecule has 6 heteroatoms. The van der Waals surface area contributed by atoms with Crippen molar-refractivity contribution in [2.75, 3.05) is 5.73 Å². The number of nitrogen functional groups attached to an aromatic ring is 1. The summed E-state index contributed by atoms with van der Waals surface area (Å²) in [6, 6.07) is 3.63. The molecule has 0 amide bonds. The number of nitrogens with two attached hydrogens (primary N) is 1. The van der Waals surface area contributed by atoms with E-state index < -0.39 is 6.10 Å². The average molecular weight is 239 g/mol. The number of aliphatic hydroxyl groups excluding tert-OH is 1. The number of thioether (sulfide) groups is 1. The maximum atomic E-state index is 9.45. The molecule has 0 aliphatic rings. The van der Waals surface area contributed by atoms with E-state index in [-0.39, 0.29) is 5.25 Å². The van der Waals surface area contributed by atoms with Crippen molar-refractivity contribution in [2.45, 2.75) is 30.1 Å². The zero-order chi connectivity index (χ0) is 11.7. The van der Waals surface area contributed by atoms with Crippen LogP contribution in [0.4, 0.5) is 5.69 Å². The van der Waals surface area contributed by atoms with E-state index in [0.717, 1.165) is 4.90 Å². The molecule has 2 unspecified atom stereocenters. The molecule has 0 bridgehead atoms. The van der Waals surface area contributed by atoms with E-state index >= 15 is 0 Å². The summed E-state index contributed by atoms with van der Waals surface area (Å²) in [7, 11) is 0. The van der Waals surface area contributed by atoms with Crippen molar-refractivity contribution in [1.29, 1.82) is 0 Å². The maximum Gasteiger partial charge on any atom is 0.159 e. The Bertz CT molecular complexity index is 498. The van der Waals surface area contributed by atoms with E-state index in [1.165, 1.54) is 11.8 Å². The Hall–Kier alpha value is -1.27. The molecular formula is C10H13N3O2S. The highest BCUT2D eigenvalue weighted by molar-refractivity contribution is 8.00. The zero-order valence-electron chi connectivity index (χ0n) is 9.04. The Morgan fingerprint density at radius 1 is 1.31 bits per heavy atom. The van der Waals surface area contributed by atoms with Gasteiger partial charge < -0.3 is 10.8 Å². The second kappa shape index (κ2) is 4.31. The molecule has 86 valence electrons. The minimum Gasteiger partial charge on any atom is -0.397 e. The largest absolute Gasteiger partial charge is 0.397 e. The minimum absolute atomic E-state index is 0.0727. The molecule has 2 aromatic rings. The van der Waals surface area contributed by atoms with Crippen molar-refractivity contribution in [1.82, 2.24) is 10.3 Å². The van der Waals surface area contributed by atoms with E-state index in [0.29, 0.717) is 16.7 Å². The molecule has 3 N–H and O–H groups in total. The molecule has 0 aliphatic heterocycles. The predicted octanol–water partition coefficient (Wildman–Crippen LogP) is 1.67. The summed E-state index contributed by atoms with van der Waals surface area (Å²) in [5, 5.41) is 17.1. The molecule has 2 atom stereocenters. The van der Waals surface area contributed by atoms with Gasteiger partial charge in [-0.15, -0.1) is 11.8 Å². The first-order valence-corrected chi connectivity index (χ1v) is 5.83. The van der Waals surface area contributed by atoms with E-state index in [1.54, 1.807) is 13.0 Å². The zero-order valence-corrected chi connectivity index (χ0v) is 9.86. The van der Waals surface area contributed by atoms with Crippen molar-refractivity contribution in [3.8, 4) is 0 Å². The van der Waals surface area contributed by atoms with Crippen molar-refractivity contribution in [2.24, 2.45) is 0 Å². The van der Waals surface area contributed by atoms with Gasteiger partial charge in [0.2, 0.25) is 0 Å². The van der Waals surface area contributed by atoms with Gasteiger partial charge in [-0.1, -0.05) is 6.92 Å². The topological polar surface area (TPSA) is 85.2 Å². The third-order valence-electron chi connectivity index (χ3n) is 2.40. The van der Waals surface area contributed by atoms with Crippen molar-refractivity contribution < 1.29 is 9.74 Å². The summed E-state index contributed by atoms with van der Waals surface area (Å²) in [4.78, 5) is 0.916. The number of aliphatic hydroxyl groups is 1. The minimum atomic E-state index is -0.391. The van der Waals surface area contributed by atoms with Gasteiger partial charge in [-0.05, 0) is 29.4 Å². The Balaban J connectivity index is 2.38. The summed E-state index contributed by atoms with van der Waals surface area (Å²) < 4.78 is 4.67. The first-order chi connectivity index (χ1) is 7.59. The van der Waals surface area contributed by atoms with Gasteiger partial charge in [-0.2, -0.15) is 0 Å². The van der Waals surface area contributed by atoms with Crippen LogP contribution in [-0.2, 0) is 0 Å². The molecule has 2 rings (SSSR count). The Morgan fingerprint density at radius 2 is 2.00 bits per heavy atom. The molecular weight excluding hydrogens is 226 g/mol. The van der Waals surface area contributed by atoms with Crippen LogP contribution in [0.15, 0.2) is 21.7 Å². The predicted molar refractivity (Wildman–Crippen MR) is 63.2 cm³/mol. The summed E-state index contributed by atoms with van der Waals surface area (Å²) in [5.41, 5.74) is 7.51. The van der Waals surface area contributed by atoms with Gasteiger partial charge in [-0.25, -0.2) is 4.63 Å². The lowest BCUT2D eigenvalue weighted by atomic mass is 10.3. The van der Waals surface area contributed by atoms with Gasteiger partial charge in [0.15, 0.2) is 11.0 Å². The fraction of sp³-hybridized carbons (Fsp3) is 0.400. The van der Waals surface area contributed by atoms with Crippen LogP contribution in [-0.4, -0.2) is 26.8 Å². The molecule has 16 heavy (non-hydrogen) atoms. The lowest BCUT2D eigenvalue weighted by molar-refractivity contribution is 0.196. The van der Waals surface area contributed by atoms with Crippen LogP contribution in [0.2, 0.25) is 0 Å². The number of aromatic nitrogens is 2. The molecule has 1 aromatic heterocycles. The van der Waals surface area contributed by atoms with Gasteiger partial charge in [0.25, 0.3) is 0 Å². The smallest absolute Gasteiger partial charge is 0.159 e. The van der Waals surface area contributed by atoms with Gasteiger partial charge in [-0.3, -0.25) is 0 Å². The van der Waals surface area contributed by atoms with E-state index in [2.05, 4.69) is 14.9 Å². The molecule has 0 saturated heterocycles. The van der Waals surface area contributed by atoms with Crippen LogP contribution in [0.1, 0.15) is 13.8 Å². The molecule has 0 fully saturated rings. The number of benzene rings is 1. The van der Waals surface area contributed by atoms with Crippen molar-refractivity contribution in [3.63, 3.8) is 0 Å². The SMILES string of the molecule is CC(O)C(C)Sc1ccc(N)c2nonc12. The second-order valence-corrected chi connectivity index (χ2v) is 5.10. The van der Waals surface area contributed by atoms with E-state index in [9.17, 15) is 5.11 Å². The van der Waals surface area contributed by atoms with Gasteiger partial charge in [0.05, 0.1) is 11.8 Å². The molecule has 0 aliphatic carbocycles. The first kappa shape index (κ1) is 11.2. The van der Waals surface area contributed by atoms with Crippen LogP contribution in [0.3, 0.4) is 0 Å². The third-order valence-corrected chi connectivity index (χ3v) is 3.75. The molecule has 0 spiro atoms. The number of hydrogen-bond acceptors (Lipinski definition) is 6. The van der Waals surface area contributed by atoms with Crippen molar-refractivity contribution >= 4 is 28.5 Å². The molecule has 0 radical (unpaired) electrons. The summed E-state index contributed by atoms with van der Waals surface area (Å²) >= 11 is 1.53. The van der Waals surface area contributed by atoms with Crippen LogP contribution in [0, 0.1) is 0 Å². The van der Waals surface area contributed by atoms with Crippen molar-refractivity contribution in [3.05, 3.63) is 12.1 Å². The number of fused-ring (bicyclic) bond motifs is 1. The van der Waals surface area contributed by atoms with Crippen LogP contribution in [0.5, 0.6) is 0 Å². The lowest BCUT2D eigenvalue weighted by Crippen LogP contribution is -2.14. The van der Waals surface area contributed by atoms with Crippen LogP contribution < -0.4 is 5.73 Å². The van der Waals surface area contributed by atoms with Gasteiger partial charge in [0.1, 0.15) is 0 Å². The molecule has 0 saturated carbocycles. The fourth-order valence-corrected chi connectivity index (χ4v) is 2.25. The van der Waals surface area contributed by atoms with Crippen LogP contribution >= 0.6 is 11.8 Å². The highest BCUT2D eigenvalue weighted by Gasteiger charge is 2.15. The number of rotatable bonds is 3. The summed E-state index contributed by atoms with van der Waals surface area (Å²) in [5.74, 6) is 0. The standard InChI is InChI=1S/C10H13N3O2S/c1-5(14)6(2)16-8-4-3-7(11)9-10(8)13-15-12-9/h3-6,14H,11H2,1-2H3. The van der Waals surface area contributed by atoms with Gasteiger partial charge in [0, 0.05) is 10.1 Å². The highest BCUT2D eigenvalue weighted by atomic mass is 32.2. The molecule has 5 nitrogen and oxygen atoms in total. The second-order valence-electron chi connectivity index (χ2n) is 3.68. The third kappa shape index (κ3) is 1.98.